The van der Waals surface area contributed by atoms with Crippen molar-refractivity contribution in [3.8, 4) is 0 Å². The molecule has 0 aliphatic heterocycles. The first-order valence-electron chi connectivity index (χ1n) is 5.33. The Balaban J connectivity index is 2.67. The SMILES string of the molecule is CCCNC1(C(F)(F)F)CCCCC1. The van der Waals surface area contributed by atoms with Crippen LogP contribution in [0.15, 0.2) is 0 Å². The summed E-state index contributed by atoms with van der Waals surface area (Å²) >= 11 is 0. The van der Waals surface area contributed by atoms with Gasteiger partial charge in [0.05, 0.1) is 0 Å². The number of rotatable bonds is 3. The lowest BCUT2D eigenvalue weighted by molar-refractivity contribution is -0.205. The van der Waals surface area contributed by atoms with Gasteiger partial charge in [0.15, 0.2) is 0 Å². The third kappa shape index (κ3) is 2.41. The highest BCUT2D eigenvalue weighted by molar-refractivity contribution is 4.96. The fourth-order valence-electron chi connectivity index (χ4n) is 2.08. The van der Waals surface area contributed by atoms with Gasteiger partial charge in [-0.3, -0.25) is 0 Å². The predicted octanol–water partition coefficient (Wildman–Crippen LogP) is 3.25. The van der Waals surface area contributed by atoms with Gasteiger partial charge in [-0.25, -0.2) is 0 Å². The molecule has 1 rings (SSSR count). The summed E-state index contributed by atoms with van der Waals surface area (Å²) in [6.07, 6.45) is -0.536. The average molecular weight is 209 g/mol. The zero-order valence-corrected chi connectivity index (χ0v) is 8.58. The van der Waals surface area contributed by atoms with E-state index in [1.54, 1.807) is 0 Å². The van der Waals surface area contributed by atoms with Gasteiger partial charge in [-0.05, 0) is 25.8 Å². The Hall–Kier alpha value is -0.250. The number of nitrogens with one attached hydrogen (secondary N) is 1. The molecule has 1 aliphatic carbocycles. The lowest BCUT2D eigenvalue weighted by Gasteiger charge is -2.39. The van der Waals surface area contributed by atoms with Gasteiger partial charge >= 0.3 is 6.18 Å². The minimum atomic E-state index is -4.09. The molecule has 1 aliphatic rings. The van der Waals surface area contributed by atoms with Crippen LogP contribution in [0, 0.1) is 0 Å². The van der Waals surface area contributed by atoms with Crippen LogP contribution in [0.1, 0.15) is 45.4 Å². The Bertz CT molecular complexity index is 171. The highest BCUT2D eigenvalue weighted by atomic mass is 19.4. The third-order valence-corrected chi connectivity index (χ3v) is 2.96. The summed E-state index contributed by atoms with van der Waals surface area (Å²) in [6, 6.07) is 0. The molecular weight excluding hydrogens is 191 g/mol. The largest absolute Gasteiger partial charge is 0.406 e. The summed E-state index contributed by atoms with van der Waals surface area (Å²) in [6.45, 7) is 2.35. The Labute approximate surface area is 83.1 Å². The summed E-state index contributed by atoms with van der Waals surface area (Å²) in [5.74, 6) is 0. The fraction of sp³-hybridized carbons (Fsp3) is 1.00. The minimum absolute atomic E-state index is 0.247. The molecule has 0 unspecified atom stereocenters. The molecule has 0 heterocycles. The molecule has 14 heavy (non-hydrogen) atoms. The maximum absolute atomic E-state index is 12.9. The van der Waals surface area contributed by atoms with Crippen molar-refractivity contribution in [1.82, 2.24) is 5.32 Å². The zero-order valence-electron chi connectivity index (χ0n) is 8.58. The molecule has 1 N–H and O–H groups in total. The zero-order chi connectivity index (χ0) is 10.7. The standard InChI is InChI=1S/C10H18F3N/c1-2-8-14-9(10(11,12)13)6-4-3-5-7-9/h14H,2-8H2,1H3. The number of alkyl halides is 3. The first-order chi connectivity index (χ1) is 6.52. The van der Waals surface area contributed by atoms with Crippen molar-refractivity contribution in [2.45, 2.75) is 57.2 Å². The van der Waals surface area contributed by atoms with E-state index in [1.807, 2.05) is 6.92 Å². The number of halogens is 3. The van der Waals surface area contributed by atoms with Gasteiger partial charge in [-0.15, -0.1) is 0 Å². The van der Waals surface area contributed by atoms with Gasteiger partial charge in [-0.2, -0.15) is 13.2 Å². The Morgan fingerprint density at radius 1 is 1.14 bits per heavy atom. The molecule has 0 bridgehead atoms. The molecule has 0 radical (unpaired) electrons. The van der Waals surface area contributed by atoms with Crippen LogP contribution in [-0.2, 0) is 0 Å². The van der Waals surface area contributed by atoms with E-state index in [1.165, 1.54) is 0 Å². The van der Waals surface area contributed by atoms with Crippen LogP contribution in [0.25, 0.3) is 0 Å². The Morgan fingerprint density at radius 2 is 1.71 bits per heavy atom. The fourth-order valence-corrected chi connectivity index (χ4v) is 2.08. The van der Waals surface area contributed by atoms with Crippen molar-refractivity contribution < 1.29 is 13.2 Å². The molecule has 1 saturated carbocycles. The molecule has 0 spiro atoms. The first kappa shape index (κ1) is 11.8. The Morgan fingerprint density at radius 3 is 2.14 bits per heavy atom. The van der Waals surface area contributed by atoms with Crippen LogP contribution in [0.3, 0.4) is 0 Å². The van der Waals surface area contributed by atoms with Crippen molar-refractivity contribution >= 4 is 0 Å². The topological polar surface area (TPSA) is 12.0 Å². The van der Waals surface area contributed by atoms with Crippen molar-refractivity contribution in [2.75, 3.05) is 6.54 Å². The molecule has 0 amide bonds. The molecule has 0 saturated heterocycles. The second-order valence-electron chi connectivity index (χ2n) is 4.07. The van der Waals surface area contributed by atoms with E-state index in [9.17, 15) is 13.2 Å². The van der Waals surface area contributed by atoms with Crippen molar-refractivity contribution in [2.24, 2.45) is 0 Å². The van der Waals surface area contributed by atoms with Gasteiger partial charge < -0.3 is 5.32 Å². The number of hydrogen-bond acceptors (Lipinski definition) is 1. The van der Waals surface area contributed by atoms with Gasteiger partial charge in [0.1, 0.15) is 5.54 Å². The van der Waals surface area contributed by atoms with E-state index in [2.05, 4.69) is 5.32 Å². The molecule has 4 heteroatoms. The van der Waals surface area contributed by atoms with Crippen molar-refractivity contribution in [3.05, 3.63) is 0 Å². The van der Waals surface area contributed by atoms with E-state index < -0.39 is 11.7 Å². The molecule has 0 atom stereocenters. The summed E-state index contributed by atoms with van der Waals surface area (Å²) in [7, 11) is 0. The van der Waals surface area contributed by atoms with E-state index >= 15 is 0 Å². The molecular formula is C10H18F3N. The smallest absolute Gasteiger partial charge is 0.304 e. The van der Waals surface area contributed by atoms with Crippen LogP contribution in [-0.4, -0.2) is 18.3 Å². The van der Waals surface area contributed by atoms with E-state index in [4.69, 9.17) is 0 Å². The van der Waals surface area contributed by atoms with Gasteiger partial charge in [0, 0.05) is 0 Å². The van der Waals surface area contributed by atoms with Gasteiger partial charge in [0.2, 0.25) is 0 Å². The van der Waals surface area contributed by atoms with Crippen LogP contribution < -0.4 is 5.32 Å². The lowest BCUT2D eigenvalue weighted by Crippen LogP contribution is -2.57. The maximum atomic E-state index is 12.9. The first-order valence-corrected chi connectivity index (χ1v) is 5.33. The lowest BCUT2D eigenvalue weighted by atomic mass is 9.81. The predicted molar refractivity (Wildman–Crippen MR) is 50.2 cm³/mol. The second-order valence-corrected chi connectivity index (χ2v) is 4.07. The highest BCUT2D eigenvalue weighted by Gasteiger charge is 2.54. The van der Waals surface area contributed by atoms with E-state index in [-0.39, 0.29) is 12.8 Å². The molecule has 0 aromatic rings. The van der Waals surface area contributed by atoms with Crippen molar-refractivity contribution in [3.63, 3.8) is 0 Å². The van der Waals surface area contributed by atoms with Gasteiger partial charge in [0.25, 0.3) is 0 Å². The minimum Gasteiger partial charge on any atom is -0.304 e. The quantitative estimate of drug-likeness (QED) is 0.752. The molecule has 1 nitrogen and oxygen atoms in total. The van der Waals surface area contributed by atoms with Crippen LogP contribution in [0.5, 0.6) is 0 Å². The average Bonchev–Trinajstić information content (AvgIpc) is 2.14. The molecule has 84 valence electrons. The van der Waals surface area contributed by atoms with E-state index in [0.717, 1.165) is 12.8 Å². The summed E-state index contributed by atoms with van der Waals surface area (Å²) < 4.78 is 38.6. The van der Waals surface area contributed by atoms with Crippen LogP contribution in [0.2, 0.25) is 0 Å². The Kier molecular flexibility index (Phi) is 3.81. The summed E-state index contributed by atoms with van der Waals surface area (Å²) in [5, 5.41) is 2.70. The highest BCUT2D eigenvalue weighted by Crippen LogP contribution is 2.41. The van der Waals surface area contributed by atoms with Crippen molar-refractivity contribution in [1.29, 1.82) is 0 Å². The molecule has 1 fully saturated rings. The second kappa shape index (κ2) is 4.51. The third-order valence-electron chi connectivity index (χ3n) is 2.96. The van der Waals surface area contributed by atoms with Crippen LogP contribution in [0.4, 0.5) is 13.2 Å². The van der Waals surface area contributed by atoms with E-state index in [0.29, 0.717) is 19.4 Å². The monoisotopic (exact) mass is 209 g/mol. The van der Waals surface area contributed by atoms with Crippen LogP contribution >= 0.6 is 0 Å². The number of hydrogen-bond donors (Lipinski definition) is 1. The normalized spacial score (nSPS) is 22.3. The molecule has 0 aromatic carbocycles. The van der Waals surface area contributed by atoms with Gasteiger partial charge in [-0.1, -0.05) is 26.2 Å². The summed E-state index contributed by atoms with van der Waals surface area (Å²) in [4.78, 5) is 0. The molecule has 0 aromatic heterocycles. The maximum Gasteiger partial charge on any atom is 0.406 e. The summed E-state index contributed by atoms with van der Waals surface area (Å²) in [5.41, 5.74) is -1.58.